The van der Waals surface area contributed by atoms with Gasteiger partial charge >= 0.3 is 0 Å². The lowest BCUT2D eigenvalue weighted by molar-refractivity contribution is 0.602. The standard InChI is InChI=1S/C20H18N4O2S/c1-13-12-22-20(23-14-5-3-6-15(11-14)27(2,25)26)24-19(13)17-7-4-8-18-16(17)9-10-21-18/h3-12,21H,1-2H3,(H,22,23,24). The zero-order chi connectivity index (χ0) is 19.0. The minimum atomic E-state index is -3.28. The molecule has 0 spiro atoms. The molecule has 27 heavy (non-hydrogen) atoms. The summed E-state index contributed by atoms with van der Waals surface area (Å²) in [7, 11) is -3.28. The smallest absolute Gasteiger partial charge is 0.227 e. The Kier molecular flexibility index (Phi) is 4.16. The van der Waals surface area contributed by atoms with Crippen molar-refractivity contribution in [2.45, 2.75) is 11.8 Å². The van der Waals surface area contributed by atoms with Crippen LogP contribution in [0.4, 0.5) is 11.6 Å². The van der Waals surface area contributed by atoms with Gasteiger partial charge in [0.05, 0.1) is 10.6 Å². The quantitative estimate of drug-likeness (QED) is 0.559. The molecule has 0 saturated carbocycles. The minimum absolute atomic E-state index is 0.247. The number of hydrogen-bond acceptors (Lipinski definition) is 5. The van der Waals surface area contributed by atoms with Crippen LogP contribution in [0.3, 0.4) is 0 Å². The first kappa shape index (κ1) is 17.2. The number of hydrogen-bond donors (Lipinski definition) is 2. The van der Waals surface area contributed by atoms with Gasteiger partial charge in [0.15, 0.2) is 9.84 Å². The van der Waals surface area contributed by atoms with E-state index in [4.69, 9.17) is 0 Å². The average Bonchev–Trinajstić information content (AvgIpc) is 3.12. The van der Waals surface area contributed by atoms with E-state index in [0.717, 1.165) is 27.7 Å². The van der Waals surface area contributed by atoms with Gasteiger partial charge in [0, 0.05) is 40.8 Å². The van der Waals surface area contributed by atoms with E-state index in [1.54, 1.807) is 30.5 Å². The SMILES string of the molecule is Cc1cnc(Nc2cccc(S(C)(=O)=O)c2)nc1-c1cccc2[nH]ccc12. The Labute approximate surface area is 157 Å². The summed E-state index contributed by atoms with van der Waals surface area (Å²) in [5, 5.41) is 4.19. The second-order valence-electron chi connectivity index (χ2n) is 6.39. The third-order valence-corrected chi connectivity index (χ3v) is 5.45. The Morgan fingerprint density at radius 3 is 2.70 bits per heavy atom. The Hall–Kier alpha value is -3.19. The summed E-state index contributed by atoms with van der Waals surface area (Å²) in [6, 6.07) is 14.7. The van der Waals surface area contributed by atoms with E-state index in [9.17, 15) is 8.42 Å². The van der Waals surface area contributed by atoms with Crippen molar-refractivity contribution in [3.8, 4) is 11.3 Å². The molecule has 0 unspecified atom stereocenters. The van der Waals surface area contributed by atoms with E-state index in [0.29, 0.717) is 11.6 Å². The van der Waals surface area contributed by atoms with Crippen LogP contribution in [-0.2, 0) is 9.84 Å². The molecule has 0 aliphatic carbocycles. The van der Waals surface area contributed by atoms with Crippen LogP contribution in [0.25, 0.3) is 22.2 Å². The maximum atomic E-state index is 11.8. The van der Waals surface area contributed by atoms with Crippen molar-refractivity contribution < 1.29 is 8.42 Å². The number of rotatable bonds is 4. The van der Waals surface area contributed by atoms with Crippen molar-refractivity contribution in [1.29, 1.82) is 0 Å². The molecule has 2 N–H and O–H groups in total. The van der Waals surface area contributed by atoms with Gasteiger partial charge in [-0.05, 0) is 42.8 Å². The molecule has 7 heteroatoms. The first-order valence-electron chi connectivity index (χ1n) is 8.39. The van der Waals surface area contributed by atoms with Crippen LogP contribution in [0.15, 0.2) is 65.8 Å². The summed E-state index contributed by atoms with van der Waals surface area (Å²) in [5.41, 5.74) is 4.46. The number of fused-ring (bicyclic) bond motifs is 1. The van der Waals surface area contributed by atoms with E-state index in [1.165, 1.54) is 6.26 Å². The van der Waals surface area contributed by atoms with Gasteiger partial charge in [0.25, 0.3) is 0 Å². The molecule has 0 amide bonds. The highest BCUT2D eigenvalue weighted by molar-refractivity contribution is 7.90. The van der Waals surface area contributed by atoms with Gasteiger partial charge in [-0.2, -0.15) is 0 Å². The van der Waals surface area contributed by atoms with Crippen molar-refractivity contribution >= 4 is 32.4 Å². The highest BCUT2D eigenvalue weighted by Gasteiger charge is 2.12. The highest BCUT2D eigenvalue weighted by Crippen LogP contribution is 2.30. The number of aryl methyl sites for hydroxylation is 1. The van der Waals surface area contributed by atoms with Gasteiger partial charge in [0.2, 0.25) is 5.95 Å². The third kappa shape index (κ3) is 3.41. The van der Waals surface area contributed by atoms with Crippen molar-refractivity contribution in [1.82, 2.24) is 15.0 Å². The fourth-order valence-corrected chi connectivity index (χ4v) is 3.67. The summed E-state index contributed by atoms with van der Waals surface area (Å²) in [6.07, 6.45) is 4.85. The van der Waals surface area contributed by atoms with Crippen LogP contribution in [0.1, 0.15) is 5.56 Å². The molecule has 0 saturated heterocycles. The Morgan fingerprint density at radius 1 is 1.07 bits per heavy atom. The molecule has 2 aromatic heterocycles. The van der Waals surface area contributed by atoms with Gasteiger partial charge in [-0.3, -0.25) is 0 Å². The van der Waals surface area contributed by atoms with Crippen molar-refractivity contribution in [2.24, 2.45) is 0 Å². The fourth-order valence-electron chi connectivity index (χ4n) is 3.00. The maximum absolute atomic E-state index is 11.8. The summed E-state index contributed by atoms with van der Waals surface area (Å²) < 4.78 is 23.5. The normalized spacial score (nSPS) is 11.6. The van der Waals surface area contributed by atoms with E-state index in [2.05, 4.69) is 20.3 Å². The molecule has 2 heterocycles. The van der Waals surface area contributed by atoms with E-state index >= 15 is 0 Å². The molecule has 136 valence electrons. The van der Waals surface area contributed by atoms with Crippen LogP contribution in [0.5, 0.6) is 0 Å². The Morgan fingerprint density at radius 2 is 1.89 bits per heavy atom. The van der Waals surface area contributed by atoms with E-state index in [1.807, 2.05) is 37.4 Å². The van der Waals surface area contributed by atoms with Crippen molar-refractivity contribution in [3.63, 3.8) is 0 Å². The minimum Gasteiger partial charge on any atom is -0.361 e. The van der Waals surface area contributed by atoms with Crippen LogP contribution in [0, 0.1) is 6.92 Å². The second-order valence-corrected chi connectivity index (χ2v) is 8.41. The molecule has 0 aliphatic heterocycles. The number of sulfone groups is 1. The molecule has 0 radical (unpaired) electrons. The molecule has 0 bridgehead atoms. The van der Waals surface area contributed by atoms with Gasteiger partial charge in [0.1, 0.15) is 0 Å². The Bertz CT molecular complexity index is 1250. The van der Waals surface area contributed by atoms with Crippen LogP contribution < -0.4 is 5.32 Å². The number of benzene rings is 2. The number of nitrogens with one attached hydrogen (secondary N) is 2. The van der Waals surface area contributed by atoms with Gasteiger partial charge < -0.3 is 10.3 Å². The summed E-state index contributed by atoms with van der Waals surface area (Å²) >= 11 is 0. The molecular weight excluding hydrogens is 360 g/mol. The molecule has 4 aromatic rings. The van der Waals surface area contributed by atoms with Crippen LogP contribution >= 0.6 is 0 Å². The molecule has 0 atom stereocenters. The maximum Gasteiger partial charge on any atom is 0.227 e. The Balaban J connectivity index is 1.75. The molecule has 4 rings (SSSR count). The zero-order valence-corrected chi connectivity index (χ0v) is 15.7. The lowest BCUT2D eigenvalue weighted by atomic mass is 10.0. The first-order valence-corrected chi connectivity index (χ1v) is 10.3. The van der Waals surface area contributed by atoms with Crippen LogP contribution in [0.2, 0.25) is 0 Å². The number of nitrogens with zero attached hydrogens (tertiary/aromatic N) is 2. The topological polar surface area (TPSA) is 87.7 Å². The summed E-state index contributed by atoms with van der Waals surface area (Å²) in [6.45, 7) is 1.97. The molecule has 6 nitrogen and oxygen atoms in total. The number of anilines is 2. The van der Waals surface area contributed by atoms with Crippen molar-refractivity contribution in [2.75, 3.05) is 11.6 Å². The number of H-pyrrole nitrogens is 1. The summed E-state index contributed by atoms with van der Waals surface area (Å²) in [5.74, 6) is 0.411. The average molecular weight is 378 g/mol. The fraction of sp³-hybridized carbons (Fsp3) is 0.100. The van der Waals surface area contributed by atoms with E-state index < -0.39 is 9.84 Å². The van der Waals surface area contributed by atoms with Gasteiger partial charge in [-0.1, -0.05) is 18.2 Å². The molecule has 2 aromatic carbocycles. The van der Waals surface area contributed by atoms with Crippen molar-refractivity contribution in [3.05, 3.63) is 66.5 Å². The lowest BCUT2D eigenvalue weighted by Crippen LogP contribution is -2.02. The second kappa shape index (κ2) is 6.51. The van der Waals surface area contributed by atoms with E-state index in [-0.39, 0.29) is 4.90 Å². The summed E-state index contributed by atoms with van der Waals surface area (Å²) in [4.78, 5) is 12.5. The van der Waals surface area contributed by atoms with Gasteiger partial charge in [-0.25, -0.2) is 18.4 Å². The zero-order valence-electron chi connectivity index (χ0n) is 14.9. The third-order valence-electron chi connectivity index (χ3n) is 4.34. The number of aromatic nitrogens is 3. The molecule has 0 aliphatic rings. The number of aromatic amines is 1. The largest absolute Gasteiger partial charge is 0.361 e. The monoisotopic (exact) mass is 378 g/mol. The first-order chi connectivity index (χ1) is 12.9. The molecule has 0 fully saturated rings. The van der Waals surface area contributed by atoms with Crippen LogP contribution in [-0.4, -0.2) is 29.6 Å². The lowest BCUT2D eigenvalue weighted by Gasteiger charge is -2.11. The highest BCUT2D eigenvalue weighted by atomic mass is 32.2. The van der Waals surface area contributed by atoms with Gasteiger partial charge in [-0.15, -0.1) is 0 Å². The predicted octanol–water partition coefficient (Wildman–Crippen LogP) is 4.08. The molecular formula is C20H18N4O2S. The predicted molar refractivity (Wildman–Crippen MR) is 107 cm³/mol.